The molecule has 0 aromatic heterocycles. The van der Waals surface area contributed by atoms with Crippen LogP contribution in [0.2, 0.25) is 5.02 Å². The van der Waals surface area contributed by atoms with Crippen molar-refractivity contribution in [3.05, 3.63) is 28.8 Å². The number of benzene rings is 1. The predicted octanol–water partition coefficient (Wildman–Crippen LogP) is 1.84. The Morgan fingerprint density at radius 2 is 2.27 bits per heavy atom. The van der Waals surface area contributed by atoms with Gasteiger partial charge in [0, 0.05) is 13.6 Å². The molecule has 1 rings (SSSR count). The molecule has 0 aliphatic heterocycles. The Morgan fingerprint density at radius 3 is 2.82 bits per heavy atom. The van der Waals surface area contributed by atoms with Gasteiger partial charge in [-0.15, -0.1) is 0 Å². The van der Waals surface area contributed by atoms with Crippen LogP contribution in [0.5, 0.6) is 0 Å². The number of hydrogen-bond donors (Lipinski definition) is 2. The lowest BCUT2D eigenvalue weighted by atomic mass is 10.2. The van der Waals surface area contributed by atoms with Gasteiger partial charge in [0.05, 0.1) is 10.7 Å². The molecule has 0 aliphatic carbocycles. The summed E-state index contributed by atoms with van der Waals surface area (Å²) >= 11 is 5.85. The van der Waals surface area contributed by atoms with Crippen LogP contribution in [0.1, 0.15) is 5.56 Å². The first-order chi connectivity index (χ1) is 5.27. The minimum Gasteiger partial charge on any atom is -0.387 e. The van der Waals surface area contributed by atoms with Crippen LogP contribution in [0.25, 0.3) is 0 Å². The molecule has 0 heterocycles. The zero-order valence-electron chi connectivity index (χ0n) is 6.39. The molecule has 0 unspecified atom stereocenters. The van der Waals surface area contributed by atoms with Crippen molar-refractivity contribution in [2.75, 3.05) is 12.4 Å². The van der Waals surface area contributed by atoms with Crippen LogP contribution in [0.15, 0.2) is 18.2 Å². The molecule has 1 aromatic carbocycles. The van der Waals surface area contributed by atoms with Crippen LogP contribution in [0.4, 0.5) is 5.69 Å². The molecule has 0 saturated carbocycles. The first-order valence-electron chi connectivity index (χ1n) is 3.44. The van der Waals surface area contributed by atoms with Gasteiger partial charge in [-0.05, 0) is 17.7 Å². The summed E-state index contributed by atoms with van der Waals surface area (Å²) in [5.74, 6) is 0. The lowest BCUT2D eigenvalue weighted by Crippen LogP contribution is -1.97. The molecule has 3 heteroatoms. The van der Waals surface area contributed by atoms with Crippen molar-refractivity contribution < 1.29 is 0 Å². The third-order valence-corrected chi connectivity index (χ3v) is 1.87. The predicted molar refractivity (Wildman–Crippen MR) is 48.9 cm³/mol. The maximum atomic E-state index is 5.85. The monoisotopic (exact) mass is 170 g/mol. The summed E-state index contributed by atoms with van der Waals surface area (Å²) in [5, 5.41) is 3.71. The Labute approximate surface area is 71.4 Å². The van der Waals surface area contributed by atoms with Gasteiger partial charge in [-0.3, -0.25) is 0 Å². The maximum Gasteiger partial charge on any atom is 0.0637 e. The van der Waals surface area contributed by atoms with E-state index in [2.05, 4.69) is 5.32 Å². The van der Waals surface area contributed by atoms with Crippen LogP contribution in [-0.2, 0) is 6.54 Å². The van der Waals surface area contributed by atoms with E-state index in [4.69, 9.17) is 17.3 Å². The smallest absolute Gasteiger partial charge is 0.0637 e. The molecule has 2 nitrogen and oxygen atoms in total. The van der Waals surface area contributed by atoms with E-state index in [1.807, 2.05) is 25.2 Å². The summed E-state index contributed by atoms with van der Waals surface area (Å²) in [6.07, 6.45) is 0. The molecular formula is C8H11ClN2. The number of nitrogens with one attached hydrogen (secondary N) is 1. The minimum atomic E-state index is 0.547. The van der Waals surface area contributed by atoms with E-state index in [1.54, 1.807) is 0 Å². The minimum absolute atomic E-state index is 0.547. The van der Waals surface area contributed by atoms with Gasteiger partial charge in [-0.25, -0.2) is 0 Å². The summed E-state index contributed by atoms with van der Waals surface area (Å²) < 4.78 is 0. The third-order valence-electron chi connectivity index (χ3n) is 1.54. The van der Waals surface area contributed by atoms with Gasteiger partial charge in [0.15, 0.2) is 0 Å². The second-order valence-electron chi connectivity index (χ2n) is 2.27. The first-order valence-corrected chi connectivity index (χ1v) is 3.82. The number of halogens is 1. The number of rotatable bonds is 2. The van der Waals surface area contributed by atoms with Gasteiger partial charge in [0.2, 0.25) is 0 Å². The zero-order chi connectivity index (χ0) is 8.27. The van der Waals surface area contributed by atoms with Crippen molar-refractivity contribution in [2.24, 2.45) is 5.73 Å². The van der Waals surface area contributed by atoms with Gasteiger partial charge in [0.25, 0.3) is 0 Å². The number of hydrogen-bond acceptors (Lipinski definition) is 2. The third kappa shape index (κ3) is 1.85. The fourth-order valence-corrected chi connectivity index (χ4v) is 1.10. The fourth-order valence-electron chi connectivity index (χ4n) is 0.891. The van der Waals surface area contributed by atoms with Crippen molar-refractivity contribution in [2.45, 2.75) is 6.54 Å². The van der Waals surface area contributed by atoms with E-state index >= 15 is 0 Å². The van der Waals surface area contributed by atoms with Crippen LogP contribution < -0.4 is 11.1 Å². The number of anilines is 1. The molecule has 0 amide bonds. The highest BCUT2D eigenvalue weighted by atomic mass is 35.5. The molecule has 60 valence electrons. The van der Waals surface area contributed by atoms with E-state index < -0.39 is 0 Å². The van der Waals surface area contributed by atoms with Gasteiger partial charge >= 0.3 is 0 Å². The molecule has 0 spiro atoms. The number of nitrogens with two attached hydrogens (primary N) is 1. The Hall–Kier alpha value is -0.730. The topological polar surface area (TPSA) is 38.0 Å². The Kier molecular flexibility index (Phi) is 2.74. The Balaban J connectivity index is 3.02. The average Bonchev–Trinajstić information content (AvgIpc) is 2.05. The lowest BCUT2D eigenvalue weighted by molar-refractivity contribution is 1.07. The maximum absolute atomic E-state index is 5.85. The van der Waals surface area contributed by atoms with Gasteiger partial charge < -0.3 is 11.1 Å². The second-order valence-corrected chi connectivity index (χ2v) is 2.68. The van der Waals surface area contributed by atoms with Crippen molar-refractivity contribution in [1.29, 1.82) is 0 Å². The molecule has 0 aliphatic rings. The van der Waals surface area contributed by atoms with Crippen LogP contribution >= 0.6 is 11.6 Å². The molecule has 1 aromatic rings. The average molecular weight is 171 g/mol. The quantitative estimate of drug-likeness (QED) is 0.711. The van der Waals surface area contributed by atoms with Gasteiger partial charge in [-0.1, -0.05) is 17.7 Å². The SMILES string of the molecule is CNc1cc(CN)ccc1Cl. The van der Waals surface area contributed by atoms with Gasteiger partial charge in [-0.2, -0.15) is 0 Å². The summed E-state index contributed by atoms with van der Waals surface area (Å²) in [4.78, 5) is 0. The molecule has 0 atom stereocenters. The van der Waals surface area contributed by atoms with Gasteiger partial charge in [0.1, 0.15) is 0 Å². The van der Waals surface area contributed by atoms with Crippen molar-refractivity contribution in [1.82, 2.24) is 0 Å². The second kappa shape index (κ2) is 3.60. The standard InChI is InChI=1S/C8H11ClN2/c1-11-8-4-6(5-10)2-3-7(8)9/h2-4,11H,5,10H2,1H3. The van der Waals surface area contributed by atoms with Crippen LogP contribution in [0.3, 0.4) is 0 Å². The van der Waals surface area contributed by atoms with E-state index in [1.165, 1.54) is 0 Å². The molecule has 3 N–H and O–H groups in total. The van der Waals surface area contributed by atoms with E-state index in [0.29, 0.717) is 6.54 Å². The zero-order valence-corrected chi connectivity index (χ0v) is 7.15. The van der Waals surface area contributed by atoms with E-state index in [9.17, 15) is 0 Å². The highest BCUT2D eigenvalue weighted by Crippen LogP contribution is 2.21. The largest absolute Gasteiger partial charge is 0.387 e. The molecular weight excluding hydrogens is 160 g/mol. The fraction of sp³-hybridized carbons (Fsp3) is 0.250. The summed E-state index contributed by atoms with van der Waals surface area (Å²) in [6.45, 7) is 0.547. The van der Waals surface area contributed by atoms with Crippen molar-refractivity contribution in [3.8, 4) is 0 Å². The van der Waals surface area contributed by atoms with Crippen molar-refractivity contribution in [3.63, 3.8) is 0 Å². The molecule has 11 heavy (non-hydrogen) atoms. The highest BCUT2D eigenvalue weighted by Gasteiger charge is 1.97. The summed E-state index contributed by atoms with van der Waals surface area (Å²) in [6, 6.07) is 5.71. The summed E-state index contributed by atoms with van der Waals surface area (Å²) in [5.41, 5.74) is 7.46. The normalized spacial score (nSPS) is 9.73. The Morgan fingerprint density at radius 1 is 1.55 bits per heavy atom. The molecule has 0 fully saturated rings. The highest BCUT2D eigenvalue weighted by molar-refractivity contribution is 6.33. The van der Waals surface area contributed by atoms with Crippen LogP contribution in [-0.4, -0.2) is 7.05 Å². The molecule has 0 bridgehead atoms. The summed E-state index contributed by atoms with van der Waals surface area (Å²) in [7, 11) is 1.83. The first kappa shape index (κ1) is 8.37. The molecule has 0 radical (unpaired) electrons. The van der Waals surface area contributed by atoms with Crippen molar-refractivity contribution >= 4 is 17.3 Å². The van der Waals surface area contributed by atoms with E-state index in [-0.39, 0.29) is 0 Å². The Bertz CT molecular complexity index is 248. The lowest BCUT2D eigenvalue weighted by Gasteiger charge is -2.04. The molecule has 0 saturated heterocycles. The van der Waals surface area contributed by atoms with E-state index in [0.717, 1.165) is 16.3 Å². The van der Waals surface area contributed by atoms with Crippen LogP contribution in [0, 0.1) is 0 Å².